The summed E-state index contributed by atoms with van der Waals surface area (Å²) in [5, 5.41) is 5.04. The molecule has 1 amide bonds. The highest BCUT2D eigenvalue weighted by Crippen LogP contribution is 2.57. The number of aliphatic imine (C=N–C) groups is 1. The molecule has 1 saturated heterocycles. The first-order chi connectivity index (χ1) is 29.7. The first-order valence-corrected chi connectivity index (χ1v) is 23.3. The van der Waals surface area contributed by atoms with E-state index in [1.165, 1.54) is 26.0 Å². The van der Waals surface area contributed by atoms with E-state index < -0.39 is 32.6 Å². The van der Waals surface area contributed by atoms with Crippen molar-refractivity contribution in [3.8, 4) is 5.69 Å². The van der Waals surface area contributed by atoms with Crippen molar-refractivity contribution in [1.82, 2.24) is 24.2 Å². The lowest BCUT2D eigenvalue weighted by Crippen LogP contribution is -2.48. The normalized spacial score (nSPS) is 19.3. The Morgan fingerprint density at radius 3 is 2.44 bits per heavy atom. The molecule has 0 spiro atoms. The highest BCUT2D eigenvalue weighted by molar-refractivity contribution is 7.92. The molecule has 6 aromatic rings. The summed E-state index contributed by atoms with van der Waals surface area (Å²) in [6.45, 7) is 8.52. The van der Waals surface area contributed by atoms with Crippen LogP contribution in [0.2, 0.25) is 0 Å². The molecule has 2 fully saturated rings. The summed E-state index contributed by atoms with van der Waals surface area (Å²) in [6, 6.07) is 15.4. The maximum Gasteiger partial charge on any atom is 0.438 e. The van der Waals surface area contributed by atoms with Crippen LogP contribution in [-0.2, 0) is 19.9 Å². The van der Waals surface area contributed by atoms with Crippen LogP contribution in [0.3, 0.4) is 0 Å². The second-order valence-corrected chi connectivity index (χ2v) is 19.9. The molecule has 0 bridgehead atoms. The number of fused-ring (bicyclic) bond motifs is 1. The third-order valence-electron chi connectivity index (χ3n) is 12.6. The SMILES string of the molecule is CC[S@](=N)(=O)c1ccc(-n2ccn(C(=Nc3cc(C)c(F)c(C)c3)C3=C(N)CCN(C(=O)c4sc5cc(C6CCOCC6)ccc5c4C4(c5noc(=O)[nH]5)CC4)[C@H]3C)c2=O)cc1. The molecule has 5 heterocycles. The summed E-state index contributed by atoms with van der Waals surface area (Å²) < 4.78 is 50.2. The van der Waals surface area contributed by atoms with Crippen LogP contribution in [-0.4, -0.2) is 71.7 Å². The third-order valence-corrected chi connectivity index (χ3v) is 15.6. The molecule has 322 valence electrons. The summed E-state index contributed by atoms with van der Waals surface area (Å²) in [5.41, 5.74) is 10.2. The number of ether oxygens (including phenoxy) is 1. The van der Waals surface area contributed by atoms with E-state index in [1.807, 2.05) is 6.92 Å². The number of amides is 1. The number of nitrogens with zero attached hydrogens (tertiary/aromatic N) is 5. The summed E-state index contributed by atoms with van der Waals surface area (Å²) >= 11 is 1.42. The van der Waals surface area contributed by atoms with E-state index in [4.69, 9.17) is 24.8 Å². The minimum absolute atomic E-state index is 0.157. The fourth-order valence-electron chi connectivity index (χ4n) is 9.00. The van der Waals surface area contributed by atoms with Crippen molar-refractivity contribution < 1.29 is 22.7 Å². The highest BCUT2D eigenvalue weighted by atomic mass is 32.2. The molecule has 0 radical (unpaired) electrons. The van der Waals surface area contributed by atoms with Crippen molar-refractivity contribution in [2.75, 3.05) is 25.5 Å². The van der Waals surface area contributed by atoms with Crippen molar-refractivity contribution in [1.29, 1.82) is 4.78 Å². The van der Waals surface area contributed by atoms with E-state index in [0.29, 0.717) is 81.3 Å². The van der Waals surface area contributed by atoms with Crippen molar-refractivity contribution in [2.24, 2.45) is 10.7 Å². The molecule has 3 aromatic carbocycles. The van der Waals surface area contributed by atoms with E-state index in [0.717, 1.165) is 28.5 Å². The van der Waals surface area contributed by atoms with Gasteiger partial charge in [-0.2, -0.15) is 0 Å². The van der Waals surface area contributed by atoms with Gasteiger partial charge in [0.1, 0.15) is 11.7 Å². The Balaban J connectivity index is 1.15. The van der Waals surface area contributed by atoms with Gasteiger partial charge < -0.3 is 15.4 Å². The minimum atomic E-state index is -2.97. The Morgan fingerprint density at radius 2 is 1.79 bits per heavy atom. The van der Waals surface area contributed by atoms with Gasteiger partial charge in [0.25, 0.3) is 5.91 Å². The molecular weight excluding hydrogens is 832 g/mol. The zero-order chi connectivity index (χ0) is 43.7. The van der Waals surface area contributed by atoms with Gasteiger partial charge in [-0.15, -0.1) is 11.3 Å². The number of nitrogens with two attached hydrogens (primary N) is 1. The number of aryl methyl sites for hydroxylation is 2. The second-order valence-electron chi connectivity index (χ2n) is 16.4. The number of rotatable bonds is 9. The molecule has 62 heavy (non-hydrogen) atoms. The fraction of sp³-hybridized carbons (Fsp3) is 0.356. The molecule has 17 heteroatoms. The zero-order valence-corrected chi connectivity index (χ0v) is 36.5. The average Bonchev–Trinajstić information content (AvgIpc) is 3.55. The summed E-state index contributed by atoms with van der Waals surface area (Å²) in [4.78, 5) is 52.5. The van der Waals surface area contributed by atoms with Crippen molar-refractivity contribution >= 4 is 48.6 Å². The number of carbonyl (C=O) groups excluding carboxylic acids is 1. The molecule has 3 aromatic heterocycles. The van der Waals surface area contributed by atoms with Crippen LogP contribution in [0.25, 0.3) is 15.8 Å². The Bertz CT molecular complexity index is 3030. The zero-order valence-electron chi connectivity index (χ0n) is 34.8. The second kappa shape index (κ2) is 15.8. The molecule has 9 rings (SSSR count). The lowest BCUT2D eigenvalue weighted by Gasteiger charge is -2.36. The number of aromatic amines is 1. The van der Waals surface area contributed by atoms with Crippen LogP contribution in [0.15, 0.2) is 102 Å². The van der Waals surface area contributed by atoms with Gasteiger partial charge in [0, 0.05) is 65.2 Å². The van der Waals surface area contributed by atoms with E-state index in [2.05, 4.69) is 28.3 Å². The number of carbonyl (C=O) groups is 1. The quantitative estimate of drug-likeness (QED) is 0.0987. The first-order valence-electron chi connectivity index (χ1n) is 20.7. The number of nitrogens with one attached hydrogen (secondary N) is 2. The number of benzene rings is 3. The number of hydrogen-bond donors (Lipinski definition) is 3. The molecule has 1 aliphatic carbocycles. The summed E-state index contributed by atoms with van der Waals surface area (Å²) in [6.07, 6.45) is 6.58. The molecule has 3 aliphatic rings. The number of aromatic nitrogens is 4. The van der Waals surface area contributed by atoms with Crippen LogP contribution < -0.4 is 17.2 Å². The fourth-order valence-corrected chi connectivity index (χ4v) is 11.2. The van der Waals surface area contributed by atoms with E-state index in [1.54, 1.807) is 74.5 Å². The number of thiophene rings is 1. The van der Waals surface area contributed by atoms with Crippen molar-refractivity contribution in [3.05, 3.63) is 138 Å². The lowest BCUT2D eigenvalue weighted by atomic mass is 9.88. The van der Waals surface area contributed by atoms with Crippen LogP contribution in [0.5, 0.6) is 0 Å². The summed E-state index contributed by atoms with van der Waals surface area (Å²) in [7, 11) is -2.97. The largest absolute Gasteiger partial charge is 0.438 e. The van der Waals surface area contributed by atoms with Gasteiger partial charge in [-0.1, -0.05) is 24.2 Å². The van der Waals surface area contributed by atoms with E-state index in [-0.39, 0.29) is 36.3 Å². The first kappa shape index (κ1) is 41.4. The van der Waals surface area contributed by atoms with E-state index in [9.17, 15) is 18.2 Å². The minimum Gasteiger partial charge on any atom is -0.402 e. The average molecular weight is 879 g/mol. The Kier molecular flexibility index (Phi) is 10.5. The molecule has 2 atom stereocenters. The predicted molar refractivity (Wildman–Crippen MR) is 236 cm³/mol. The lowest BCUT2D eigenvalue weighted by molar-refractivity contribution is 0.0714. The van der Waals surface area contributed by atoms with Crippen LogP contribution in [0.1, 0.15) is 89.6 Å². The van der Waals surface area contributed by atoms with Gasteiger partial charge in [0.05, 0.1) is 37.4 Å². The molecule has 1 saturated carbocycles. The number of imidazole rings is 1. The van der Waals surface area contributed by atoms with Crippen LogP contribution in [0.4, 0.5) is 10.1 Å². The van der Waals surface area contributed by atoms with E-state index >= 15 is 4.79 Å². The molecule has 4 N–H and O–H groups in total. The summed E-state index contributed by atoms with van der Waals surface area (Å²) in [5.74, 6) is -0.203. The standard InChI is InChI=1S/C45H47FN8O6S2/c1-5-62(48,58)32-9-7-31(8-10-32)53-18-19-54(44(53)57)40(49-30-22-25(2)38(46)26(3)23-30)36-27(4)52(17-12-34(36)47)41(55)39-37(45(15-16-45)42-50-43(56)60-51-42)33-11-6-29(24-35(33)61-39)28-13-20-59-21-14-28/h6-11,18-19,22-24,27-28,48H,5,12-17,20-21,47H2,1-4H3,(H,50,51,56)/t27-,62-/m0/s1. The van der Waals surface area contributed by atoms with Crippen molar-refractivity contribution in [2.45, 2.75) is 82.1 Å². The van der Waals surface area contributed by atoms with Crippen molar-refractivity contribution in [3.63, 3.8) is 0 Å². The monoisotopic (exact) mass is 878 g/mol. The number of hydrogen-bond acceptors (Lipinski definition) is 11. The maximum atomic E-state index is 15.3. The third kappa shape index (κ3) is 7.14. The van der Waals surface area contributed by atoms with Gasteiger partial charge in [0.15, 0.2) is 5.82 Å². The van der Waals surface area contributed by atoms with Crippen LogP contribution in [0, 0.1) is 24.4 Å². The van der Waals surface area contributed by atoms with Gasteiger partial charge in [-0.3, -0.25) is 23.4 Å². The molecule has 0 unspecified atom stereocenters. The maximum absolute atomic E-state index is 15.3. The smallest absolute Gasteiger partial charge is 0.402 e. The Hall–Kier alpha value is -5.91. The van der Waals surface area contributed by atoms with Gasteiger partial charge in [-0.25, -0.2) is 28.0 Å². The number of halogens is 1. The molecule has 14 nitrogen and oxygen atoms in total. The predicted octanol–water partition coefficient (Wildman–Crippen LogP) is 7.41. The topological polar surface area (TPSA) is 195 Å². The molecular formula is C45H47FN8O6S2. The van der Waals surface area contributed by atoms with Gasteiger partial charge in [-0.05, 0) is 122 Å². The van der Waals surface area contributed by atoms with Gasteiger partial charge >= 0.3 is 11.4 Å². The van der Waals surface area contributed by atoms with Crippen LogP contribution >= 0.6 is 11.3 Å². The highest BCUT2D eigenvalue weighted by Gasteiger charge is 2.53. The number of H-pyrrole nitrogens is 1. The molecule has 2 aliphatic heterocycles. The Labute approximate surface area is 360 Å². The Morgan fingerprint density at radius 1 is 1.08 bits per heavy atom. The van der Waals surface area contributed by atoms with Gasteiger partial charge in [0.2, 0.25) is 0 Å².